The molecule has 2 aliphatic heterocycles. The zero-order chi connectivity index (χ0) is 33.0. The molecule has 4 aromatic rings. The lowest BCUT2D eigenvalue weighted by Crippen LogP contribution is -2.70. The number of piperazine rings is 1. The molecule has 252 valence electrons. The summed E-state index contributed by atoms with van der Waals surface area (Å²) in [6, 6.07) is 2.78. The fourth-order valence-corrected chi connectivity index (χ4v) is 11.0. The summed E-state index contributed by atoms with van der Waals surface area (Å²) in [6.45, 7) is 4.89. The number of aromatic nitrogens is 5. The van der Waals surface area contributed by atoms with Crippen molar-refractivity contribution in [2.45, 2.75) is 100 Å². The molecule has 0 amide bonds. The van der Waals surface area contributed by atoms with Gasteiger partial charge >= 0.3 is 0 Å². The fourth-order valence-electron chi connectivity index (χ4n) is 9.79. The molecule has 3 aliphatic carbocycles. The van der Waals surface area contributed by atoms with E-state index in [0.29, 0.717) is 59.2 Å². The lowest BCUT2D eigenvalue weighted by atomic mass is 9.63. The number of thiophene rings is 1. The van der Waals surface area contributed by atoms with Crippen LogP contribution >= 0.6 is 11.3 Å². The van der Waals surface area contributed by atoms with E-state index in [4.69, 9.17) is 30.5 Å². The van der Waals surface area contributed by atoms with Crippen molar-refractivity contribution < 1.29 is 13.3 Å². The van der Waals surface area contributed by atoms with Crippen LogP contribution in [0.3, 0.4) is 0 Å². The zero-order valence-electron chi connectivity index (χ0n) is 27.4. The highest BCUT2D eigenvalue weighted by atomic mass is 32.1. The van der Waals surface area contributed by atoms with E-state index in [1.807, 2.05) is 10.9 Å². The Morgan fingerprint density at radius 2 is 1.98 bits per heavy atom. The molecule has 3 N–H and O–H groups in total. The normalized spacial score (nSPS) is 26.8. The molecule has 3 atom stereocenters. The van der Waals surface area contributed by atoms with Gasteiger partial charge in [0.15, 0.2) is 22.9 Å². The van der Waals surface area contributed by atoms with Gasteiger partial charge in [-0.15, -0.1) is 11.3 Å². The second kappa shape index (κ2) is 10.7. The van der Waals surface area contributed by atoms with Gasteiger partial charge in [0.25, 0.3) is 5.92 Å². The molecule has 11 nitrogen and oxygen atoms in total. The molecule has 1 saturated carbocycles. The van der Waals surface area contributed by atoms with E-state index in [9.17, 15) is 14.0 Å². The molecular weight excluding hydrogens is 635 g/mol. The van der Waals surface area contributed by atoms with Crippen LogP contribution < -0.4 is 16.0 Å². The summed E-state index contributed by atoms with van der Waals surface area (Å²) in [5.41, 5.74) is 9.18. The monoisotopic (exact) mass is 674 g/mol. The number of halogens is 2. The second-order valence-corrected chi connectivity index (χ2v) is 16.0. The van der Waals surface area contributed by atoms with Gasteiger partial charge in [-0.1, -0.05) is 5.16 Å². The van der Waals surface area contributed by atoms with Crippen LogP contribution in [0.5, 0.6) is 0 Å². The number of hydrogen-bond acceptors (Lipinski definition) is 11. The average molecular weight is 675 g/mol. The Morgan fingerprint density at radius 1 is 1.17 bits per heavy atom. The summed E-state index contributed by atoms with van der Waals surface area (Å²) in [6.07, 6.45) is 8.99. The second-order valence-electron chi connectivity index (χ2n) is 14.8. The van der Waals surface area contributed by atoms with Gasteiger partial charge in [0, 0.05) is 54.5 Å². The van der Waals surface area contributed by atoms with E-state index in [1.54, 1.807) is 0 Å². The van der Waals surface area contributed by atoms with E-state index in [2.05, 4.69) is 35.2 Å². The highest BCUT2D eigenvalue weighted by Gasteiger charge is 2.58. The number of nitrogens with zero attached hydrogens (tertiary/aromatic N) is 8. The molecule has 14 heteroatoms. The van der Waals surface area contributed by atoms with Crippen LogP contribution in [-0.2, 0) is 18.3 Å². The predicted octanol–water partition coefficient (Wildman–Crippen LogP) is 5.19. The van der Waals surface area contributed by atoms with Gasteiger partial charge < -0.3 is 25.4 Å². The molecular formula is C34H40F2N10OS. The van der Waals surface area contributed by atoms with Gasteiger partial charge in [-0.05, 0) is 77.4 Å². The smallest absolute Gasteiger partial charge is 0.251 e. The fraction of sp³-hybridized carbons (Fsp3) is 0.618. The van der Waals surface area contributed by atoms with Crippen molar-refractivity contribution in [3.63, 3.8) is 0 Å². The van der Waals surface area contributed by atoms with Crippen LogP contribution in [0.4, 0.5) is 19.6 Å². The van der Waals surface area contributed by atoms with Gasteiger partial charge in [0.2, 0.25) is 0 Å². The lowest BCUT2D eigenvalue weighted by Gasteiger charge is -2.53. The molecule has 0 unspecified atom stereocenters. The van der Waals surface area contributed by atoms with Gasteiger partial charge in [-0.3, -0.25) is 0 Å². The van der Waals surface area contributed by atoms with Gasteiger partial charge in [0.1, 0.15) is 16.9 Å². The molecule has 2 spiro atoms. The van der Waals surface area contributed by atoms with Crippen molar-refractivity contribution >= 4 is 33.2 Å². The maximum atomic E-state index is 14.2. The number of nitrogens with one attached hydrogen (secondary N) is 1. The summed E-state index contributed by atoms with van der Waals surface area (Å²) in [4.78, 5) is 16.1. The molecule has 48 heavy (non-hydrogen) atoms. The molecule has 4 aromatic heterocycles. The summed E-state index contributed by atoms with van der Waals surface area (Å²) in [7, 11) is 2.16. The topological polar surface area (TPSA) is 138 Å². The molecule has 2 saturated heterocycles. The number of nitrogen functional groups attached to an aromatic ring is 1. The summed E-state index contributed by atoms with van der Waals surface area (Å²) < 4.78 is 36.7. The number of nitrogens with two attached hydrogens (primary N) is 1. The minimum Gasteiger partial charge on any atom is -0.389 e. The summed E-state index contributed by atoms with van der Waals surface area (Å²) in [5, 5.41) is 24.5. The van der Waals surface area contributed by atoms with E-state index >= 15 is 0 Å². The van der Waals surface area contributed by atoms with Crippen LogP contribution in [0, 0.1) is 11.3 Å². The van der Waals surface area contributed by atoms with Crippen LogP contribution in [0.1, 0.15) is 91.7 Å². The molecule has 5 aliphatic rings. The van der Waals surface area contributed by atoms with Crippen molar-refractivity contribution in [3.8, 4) is 17.6 Å². The quantitative estimate of drug-likeness (QED) is 0.298. The number of likely N-dealkylation sites (N-methyl/N-ethyl adjacent to an activating group) is 1. The van der Waals surface area contributed by atoms with Crippen molar-refractivity contribution in [3.05, 3.63) is 33.5 Å². The van der Waals surface area contributed by atoms with Crippen molar-refractivity contribution in [1.29, 1.82) is 5.26 Å². The number of alkyl halides is 2. The Balaban J connectivity index is 1.19. The lowest BCUT2D eigenvalue weighted by molar-refractivity contribution is -0.133. The first-order valence-electron chi connectivity index (χ1n) is 17.3. The number of anilines is 2. The first kappa shape index (κ1) is 30.4. The SMILES string of the molecule is C[C@@H]([C@@H]1CCCN1C)n1ncc2c(N3CCNC4(C3)CC(F)(F)C4)nc(-c3noc4c3CCC[C@@]43CCCc4sc(N)c(C#N)c43)nc21. The van der Waals surface area contributed by atoms with Crippen molar-refractivity contribution in [1.82, 2.24) is 35.1 Å². The van der Waals surface area contributed by atoms with Gasteiger partial charge in [0.05, 0.1) is 28.6 Å². The molecule has 0 radical (unpaired) electrons. The number of aryl methyl sites for hydroxylation is 1. The minimum absolute atomic E-state index is 0.0638. The molecule has 0 aromatic carbocycles. The van der Waals surface area contributed by atoms with Crippen LogP contribution in [0.25, 0.3) is 22.6 Å². The summed E-state index contributed by atoms with van der Waals surface area (Å²) in [5.74, 6) is -0.690. The van der Waals surface area contributed by atoms with E-state index in [1.165, 1.54) is 16.2 Å². The molecule has 6 heterocycles. The van der Waals surface area contributed by atoms with E-state index in [0.717, 1.165) is 80.2 Å². The van der Waals surface area contributed by atoms with Gasteiger partial charge in [-0.2, -0.15) is 10.4 Å². The van der Waals surface area contributed by atoms with Crippen LogP contribution in [0.15, 0.2) is 10.7 Å². The maximum absolute atomic E-state index is 14.2. The number of nitriles is 1. The highest BCUT2D eigenvalue weighted by molar-refractivity contribution is 7.16. The van der Waals surface area contributed by atoms with Crippen molar-refractivity contribution in [2.24, 2.45) is 0 Å². The Bertz CT molecular complexity index is 1970. The number of hydrogen-bond donors (Lipinski definition) is 2. The largest absolute Gasteiger partial charge is 0.389 e. The van der Waals surface area contributed by atoms with E-state index in [-0.39, 0.29) is 18.9 Å². The number of fused-ring (bicyclic) bond motifs is 5. The molecule has 9 rings (SSSR count). The summed E-state index contributed by atoms with van der Waals surface area (Å²) >= 11 is 1.53. The van der Waals surface area contributed by atoms with Crippen LogP contribution in [0.2, 0.25) is 0 Å². The number of likely N-dealkylation sites (tertiary alicyclic amines) is 1. The standard InChI is InChI=1S/C34H40F2N10OS/c1-19(23-7-5-12-44(23)2)46-31-22(15-40-46)30(45-13-11-39-32(18-45)16-34(35,36)17-32)41-29(42-31)26-20-6-3-9-33(27(20)47-43-26)10-4-8-24-25(33)21(14-37)28(38)48-24/h15,19,23,39H,3-13,16-18,38H2,1-2H3/t19-,23-,33-/m0/s1. The minimum atomic E-state index is -2.65. The first-order valence-corrected chi connectivity index (χ1v) is 18.1. The van der Waals surface area contributed by atoms with Crippen LogP contribution in [-0.4, -0.2) is 80.5 Å². The Labute approximate surface area is 281 Å². The Kier molecular flexibility index (Phi) is 6.75. The third kappa shape index (κ3) is 4.39. The number of rotatable bonds is 4. The van der Waals surface area contributed by atoms with E-state index < -0.39 is 16.9 Å². The molecule has 0 bridgehead atoms. The zero-order valence-corrected chi connectivity index (χ0v) is 28.2. The molecule has 3 fully saturated rings. The third-order valence-electron chi connectivity index (χ3n) is 11.9. The van der Waals surface area contributed by atoms with Gasteiger partial charge in [-0.25, -0.2) is 23.4 Å². The third-order valence-corrected chi connectivity index (χ3v) is 13.0. The Morgan fingerprint density at radius 3 is 2.73 bits per heavy atom. The first-order chi connectivity index (χ1) is 23.1. The highest BCUT2D eigenvalue weighted by Crippen LogP contribution is 2.55. The Hall–Kier alpha value is -3.67. The predicted molar refractivity (Wildman–Crippen MR) is 178 cm³/mol. The average Bonchev–Trinajstić information content (AvgIpc) is 3.84. The maximum Gasteiger partial charge on any atom is 0.251 e. The van der Waals surface area contributed by atoms with Crippen molar-refractivity contribution in [2.75, 3.05) is 43.9 Å².